The molecule has 0 aliphatic carbocycles. The Bertz CT molecular complexity index is 623. The zero-order valence-electron chi connectivity index (χ0n) is 8.98. The maximum absolute atomic E-state index is 11.7. The molecule has 1 N–H and O–H groups in total. The number of aromatic nitrogens is 2. The van der Waals surface area contributed by atoms with E-state index in [0.29, 0.717) is 10.8 Å². The molecule has 0 amide bonds. The minimum atomic E-state index is -0.217. The molecular formula is C12H10ClN3O. The van der Waals surface area contributed by atoms with Crippen LogP contribution in [0.15, 0.2) is 35.1 Å². The van der Waals surface area contributed by atoms with Gasteiger partial charge in [0, 0.05) is 18.3 Å². The second-order valence-electron chi connectivity index (χ2n) is 3.94. The van der Waals surface area contributed by atoms with Gasteiger partial charge in [0.15, 0.2) is 5.15 Å². The number of aromatic amines is 1. The molecule has 86 valence electrons. The van der Waals surface area contributed by atoms with E-state index in [4.69, 9.17) is 11.6 Å². The Balaban J connectivity index is 2.13. The Morgan fingerprint density at radius 2 is 2.12 bits per heavy atom. The van der Waals surface area contributed by atoms with Crippen LogP contribution in [0, 0.1) is 0 Å². The fourth-order valence-corrected chi connectivity index (χ4v) is 2.31. The quantitative estimate of drug-likeness (QED) is 0.840. The highest BCUT2D eigenvalue weighted by Crippen LogP contribution is 2.32. The van der Waals surface area contributed by atoms with Crippen molar-refractivity contribution in [3.63, 3.8) is 0 Å². The predicted molar refractivity (Wildman–Crippen MR) is 67.0 cm³/mol. The molecule has 4 nitrogen and oxygen atoms in total. The summed E-state index contributed by atoms with van der Waals surface area (Å²) in [4.78, 5) is 13.7. The van der Waals surface area contributed by atoms with Gasteiger partial charge in [0.1, 0.15) is 5.69 Å². The summed E-state index contributed by atoms with van der Waals surface area (Å²) >= 11 is 5.81. The number of nitrogens with zero attached hydrogens (tertiary/aromatic N) is 2. The van der Waals surface area contributed by atoms with E-state index in [0.717, 1.165) is 18.7 Å². The van der Waals surface area contributed by atoms with E-state index in [9.17, 15) is 4.79 Å². The number of hydrogen-bond acceptors (Lipinski definition) is 3. The molecule has 3 rings (SSSR count). The van der Waals surface area contributed by atoms with Crippen molar-refractivity contribution in [3.8, 4) is 0 Å². The van der Waals surface area contributed by atoms with Crippen molar-refractivity contribution in [2.24, 2.45) is 0 Å². The number of benzene rings is 1. The third-order valence-corrected chi connectivity index (χ3v) is 3.12. The van der Waals surface area contributed by atoms with E-state index in [1.807, 2.05) is 23.1 Å². The zero-order chi connectivity index (χ0) is 11.8. The molecule has 17 heavy (non-hydrogen) atoms. The molecule has 0 saturated heterocycles. The van der Waals surface area contributed by atoms with Crippen LogP contribution in [0.5, 0.6) is 0 Å². The van der Waals surface area contributed by atoms with E-state index in [-0.39, 0.29) is 5.56 Å². The number of anilines is 2. The SMILES string of the molecule is O=c1[nH]nc(Cl)cc1N1CCc2ccccc21. The minimum Gasteiger partial charge on any atom is -0.336 e. The largest absolute Gasteiger partial charge is 0.336 e. The Kier molecular flexibility index (Phi) is 2.37. The van der Waals surface area contributed by atoms with Crippen LogP contribution >= 0.6 is 11.6 Å². The number of nitrogens with one attached hydrogen (secondary N) is 1. The van der Waals surface area contributed by atoms with Gasteiger partial charge in [0.05, 0.1) is 0 Å². The lowest BCUT2D eigenvalue weighted by molar-refractivity contribution is 0.939. The summed E-state index contributed by atoms with van der Waals surface area (Å²) in [6.07, 6.45) is 0.940. The lowest BCUT2D eigenvalue weighted by Gasteiger charge is -2.18. The maximum atomic E-state index is 11.7. The summed E-state index contributed by atoms with van der Waals surface area (Å²) in [6.45, 7) is 0.794. The van der Waals surface area contributed by atoms with Crippen LogP contribution in [0.3, 0.4) is 0 Å². The molecule has 0 spiro atoms. The van der Waals surface area contributed by atoms with Crippen LogP contribution < -0.4 is 10.5 Å². The van der Waals surface area contributed by atoms with Crippen molar-refractivity contribution in [1.29, 1.82) is 0 Å². The highest BCUT2D eigenvalue weighted by atomic mass is 35.5. The second kappa shape index (κ2) is 3.89. The standard InChI is InChI=1S/C12H10ClN3O/c13-11-7-10(12(17)15-14-11)16-6-5-8-3-1-2-4-9(8)16/h1-4,7H,5-6H2,(H,15,17). The van der Waals surface area contributed by atoms with E-state index in [2.05, 4.69) is 16.3 Å². The Hall–Kier alpha value is -1.81. The molecule has 0 radical (unpaired) electrons. The molecule has 1 aromatic heterocycles. The Morgan fingerprint density at radius 3 is 3.00 bits per heavy atom. The van der Waals surface area contributed by atoms with Crippen LogP contribution in [0.25, 0.3) is 0 Å². The van der Waals surface area contributed by atoms with Gasteiger partial charge >= 0.3 is 0 Å². The van der Waals surface area contributed by atoms with Crippen LogP contribution in [-0.4, -0.2) is 16.7 Å². The van der Waals surface area contributed by atoms with Crippen LogP contribution in [0.4, 0.5) is 11.4 Å². The molecule has 0 unspecified atom stereocenters. The van der Waals surface area contributed by atoms with Crippen molar-refractivity contribution in [2.45, 2.75) is 6.42 Å². The van der Waals surface area contributed by atoms with Crippen LogP contribution in [0.1, 0.15) is 5.56 Å². The first-order chi connectivity index (χ1) is 8.25. The van der Waals surface area contributed by atoms with Crippen molar-refractivity contribution < 1.29 is 0 Å². The second-order valence-corrected chi connectivity index (χ2v) is 4.32. The molecule has 2 aromatic rings. The summed E-state index contributed by atoms with van der Waals surface area (Å²) in [5.41, 5.74) is 2.65. The number of hydrogen-bond donors (Lipinski definition) is 1. The number of para-hydroxylation sites is 1. The normalized spacial score (nSPS) is 13.8. The van der Waals surface area contributed by atoms with E-state index in [1.165, 1.54) is 5.56 Å². The lowest BCUT2D eigenvalue weighted by atomic mass is 10.2. The van der Waals surface area contributed by atoms with E-state index >= 15 is 0 Å². The van der Waals surface area contributed by atoms with Gasteiger partial charge in [-0.15, -0.1) is 0 Å². The smallest absolute Gasteiger partial charge is 0.288 e. The molecular weight excluding hydrogens is 238 g/mol. The molecule has 0 atom stereocenters. The summed E-state index contributed by atoms with van der Waals surface area (Å²) in [7, 11) is 0. The predicted octanol–water partition coefficient (Wildman–Crippen LogP) is 2.12. The number of halogens is 1. The van der Waals surface area contributed by atoms with Gasteiger partial charge < -0.3 is 4.90 Å². The van der Waals surface area contributed by atoms with E-state index in [1.54, 1.807) is 6.07 Å². The number of fused-ring (bicyclic) bond motifs is 1. The van der Waals surface area contributed by atoms with Crippen LogP contribution in [-0.2, 0) is 6.42 Å². The van der Waals surface area contributed by atoms with Gasteiger partial charge in [-0.2, -0.15) is 5.10 Å². The fourth-order valence-electron chi connectivity index (χ4n) is 2.16. The van der Waals surface area contributed by atoms with Gasteiger partial charge in [0.25, 0.3) is 5.56 Å². The number of rotatable bonds is 1. The first kappa shape index (κ1) is 10.4. The molecule has 1 aliphatic heterocycles. The average Bonchev–Trinajstić information content (AvgIpc) is 2.76. The topological polar surface area (TPSA) is 49.0 Å². The summed E-state index contributed by atoms with van der Waals surface area (Å²) in [6, 6.07) is 9.66. The first-order valence-corrected chi connectivity index (χ1v) is 5.74. The van der Waals surface area contributed by atoms with Gasteiger partial charge in [0.2, 0.25) is 0 Å². The van der Waals surface area contributed by atoms with E-state index < -0.39 is 0 Å². The highest BCUT2D eigenvalue weighted by Gasteiger charge is 2.22. The van der Waals surface area contributed by atoms with Crippen LogP contribution in [0.2, 0.25) is 5.15 Å². The molecule has 1 aromatic carbocycles. The Morgan fingerprint density at radius 1 is 1.29 bits per heavy atom. The molecule has 0 saturated carbocycles. The lowest BCUT2D eigenvalue weighted by Crippen LogP contribution is -2.23. The third-order valence-electron chi connectivity index (χ3n) is 2.93. The maximum Gasteiger partial charge on any atom is 0.288 e. The van der Waals surface area contributed by atoms with Crippen molar-refractivity contribution in [3.05, 3.63) is 51.4 Å². The van der Waals surface area contributed by atoms with Crippen molar-refractivity contribution >= 4 is 23.0 Å². The molecule has 0 fully saturated rings. The molecule has 5 heteroatoms. The monoisotopic (exact) mass is 247 g/mol. The third kappa shape index (κ3) is 1.70. The molecule has 2 heterocycles. The summed E-state index contributed by atoms with van der Waals surface area (Å²) < 4.78 is 0. The summed E-state index contributed by atoms with van der Waals surface area (Å²) in [5, 5.41) is 6.36. The zero-order valence-corrected chi connectivity index (χ0v) is 9.74. The Labute approximate surface area is 103 Å². The van der Waals surface area contributed by atoms with Gasteiger partial charge in [-0.1, -0.05) is 29.8 Å². The summed E-state index contributed by atoms with van der Waals surface area (Å²) in [5.74, 6) is 0. The highest BCUT2D eigenvalue weighted by molar-refractivity contribution is 6.29. The fraction of sp³-hybridized carbons (Fsp3) is 0.167. The average molecular weight is 248 g/mol. The van der Waals surface area contributed by atoms with Gasteiger partial charge in [-0.3, -0.25) is 4.79 Å². The van der Waals surface area contributed by atoms with Gasteiger partial charge in [-0.25, -0.2) is 5.10 Å². The number of H-pyrrole nitrogens is 1. The molecule has 1 aliphatic rings. The first-order valence-electron chi connectivity index (χ1n) is 5.36. The molecule has 0 bridgehead atoms. The minimum absolute atomic E-state index is 0.217. The van der Waals surface area contributed by atoms with Gasteiger partial charge in [-0.05, 0) is 18.1 Å². The van der Waals surface area contributed by atoms with Crippen molar-refractivity contribution in [2.75, 3.05) is 11.4 Å². The van der Waals surface area contributed by atoms with Crippen molar-refractivity contribution in [1.82, 2.24) is 10.2 Å².